The van der Waals surface area contributed by atoms with Crippen molar-refractivity contribution >= 4 is 11.6 Å². The third kappa shape index (κ3) is 2.88. The second kappa shape index (κ2) is 5.65. The molecule has 1 aromatic carbocycles. The van der Waals surface area contributed by atoms with Crippen molar-refractivity contribution in [1.82, 2.24) is 0 Å². The number of nitrogens with two attached hydrogens (primary N) is 1. The SMILES string of the molecule is NCC#Cc1ccc(NC(=O)C2CCC2)cc1F. The van der Waals surface area contributed by atoms with E-state index < -0.39 is 5.82 Å². The summed E-state index contributed by atoms with van der Waals surface area (Å²) in [4.78, 5) is 11.7. The minimum atomic E-state index is -0.442. The van der Waals surface area contributed by atoms with E-state index in [0.29, 0.717) is 11.3 Å². The highest BCUT2D eigenvalue weighted by Gasteiger charge is 2.25. The minimum Gasteiger partial charge on any atom is -0.326 e. The molecule has 1 saturated carbocycles. The lowest BCUT2D eigenvalue weighted by molar-refractivity contribution is -0.122. The van der Waals surface area contributed by atoms with E-state index in [4.69, 9.17) is 5.73 Å². The summed E-state index contributed by atoms with van der Waals surface area (Å²) < 4.78 is 13.6. The van der Waals surface area contributed by atoms with Gasteiger partial charge in [-0.1, -0.05) is 18.3 Å². The molecule has 3 nitrogen and oxygen atoms in total. The van der Waals surface area contributed by atoms with E-state index in [1.54, 1.807) is 12.1 Å². The number of benzene rings is 1. The van der Waals surface area contributed by atoms with Crippen molar-refractivity contribution in [2.45, 2.75) is 19.3 Å². The molecular weight excluding hydrogens is 231 g/mol. The lowest BCUT2D eigenvalue weighted by atomic mass is 9.85. The maximum atomic E-state index is 13.6. The molecule has 0 unspecified atom stereocenters. The zero-order valence-corrected chi connectivity index (χ0v) is 10.0. The standard InChI is InChI=1S/C14H15FN2O/c15-13-9-12(7-6-10(13)5-2-8-16)17-14(18)11-3-1-4-11/h6-7,9,11H,1,3-4,8,16H2,(H,17,18). The van der Waals surface area contributed by atoms with E-state index in [1.807, 2.05) is 0 Å². The van der Waals surface area contributed by atoms with Crippen molar-refractivity contribution in [3.63, 3.8) is 0 Å². The first-order chi connectivity index (χ1) is 8.70. The van der Waals surface area contributed by atoms with Crippen LogP contribution in [0.5, 0.6) is 0 Å². The Labute approximate surface area is 106 Å². The van der Waals surface area contributed by atoms with Crippen LogP contribution in [0.4, 0.5) is 10.1 Å². The summed E-state index contributed by atoms with van der Waals surface area (Å²) in [6, 6.07) is 4.49. The van der Waals surface area contributed by atoms with Gasteiger partial charge < -0.3 is 11.1 Å². The summed E-state index contributed by atoms with van der Waals surface area (Å²) in [6.45, 7) is 0.194. The maximum Gasteiger partial charge on any atom is 0.227 e. The Morgan fingerprint density at radius 2 is 2.28 bits per heavy atom. The first-order valence-corrected chi connectivity index (χ1v) is 6.00. The van der Waals surface area contributed by atoms with Gasteiger partial charge in [-0.2, -0.15) is 0 Å². The van der Waals surface area contributed by atoms with E-state index in [2.05, 4.69) is 17.2 Å². The van der Waals surface area contributed by atoms with Gasteiger partial charge in [-0.3, -0.25) is 4.79 Å². The quantitative estimate of drug-likeness (QED) is 0.783. The Kier molecular flexibility index (Phi) is 3.96. The molecule has 0 atom stereocenters. The lowest BCUT2D eigenvalue weighted by Gasteiger charge is -2.24. The predicted octanol–water partition coefficient (Wildman–Crippen LogP) is 1.87. The summed E-state index contributed by atoms with van der Waals surface area (Å²) in [5.41, 5.74) is 5.99. The highest BCUT2D eigenvalue weighted by Crippen LogP contribution is 2.27. The average molecular weight is 246 g/mol. The van der Waals surface area contributed by atoms with E-state index in [0.717, 1.165) is 19.3 Å². The monoisotopic (exact) mass is 246 g/mol. The number of rotatable bonds is 2. The van der Waals surface area contributed by atoms with Gasteiger partial charge in [0.1, 0.15) is 5.82 Å². The van der Waals surface area contributed by atoms with Crippen LogP contribution in [-0.2, 0) is 4.79 Å². The lowest BCUT2D eigenvalue weighted by Crippen LogP contribution is -2.28. The maximum absolute atomic E-state index is 13.6. The Morgan fingerprint density at radius 3 is 2.83 bits per heavy atom. The summed E-state index contributed by atoms with van der Waals surface area (Å²) in [5, 5.41) is 2.72. The van der Waals surface area contributed by atoms with E-state index in [9.17, 15) is 9.18 Å². The Bertz CT molecular complexity index is 512. The van der Waals surface area contributed by atoms with E-state index in [1.165, 1.54) is 6.07 Å². The molecule has 0 radical (unpaired) electrons. The Hall–Kier alpha value is -1.86. The molecule has 1 amide bonds. The van der Waals surface area contributed by atoms with Crippen LogP contribution in [0.15, 0.2) is 18.2 Å². The van der Waals surface area contributed by atoms with Gasteiger partial charge in [0.15, 0.2) is 0 Å². The first-order valence-electron chi connectivity index (χ1n) is 6.00. The third-order valence-corrected chi connectivity index (χ3v) is 3.04. The molecule has 0 bridgehead atoms. The molecule has 0 heterocycles. The molecule has 0 spiro atoms. The summed E-state index contributed by atoms with van der Waals surface area (Å²) in [6.07, 6.45) is 2.95. The molecule has 94 valence electrons. The van der Waals surface area contributed by atoms with Crippen LogP contribution in [0.2, 0.25) is 0 Å². The van der Waals surface area contributed by atoms with E-state index >= 15 is 0 Å². The highest BCUT2D eigenvalue weighted by atomic mass is 19.1. The molecule has 1 aromatic rings. The fourth-order valence-corrected chi connectivity index (χ4v) is 1.76. The molecular formula is C14H15FN2O. The average Bonchev–Trinajstić information content (AvgIpc) is 2.25. The second-order valence-electron chi connectivity index (χ2n) is 4.32. The number of hydrogen-bond donors (Lipinski definition) is 2. The van der Waals surface area contributed by atoms with Gasteiger partial charge in [0.25, 0.3) is 0 Å². The molecule has 0 aliphatic heterocycles. The van der Waals surface area contributed by atoms with Gasteiger partial charge in [0.2, 0.25) is 5.91 Å². The highest BCUT2D eigenvalue weighted by molar-refractivity contribution is 5.93. The largest absolute Gasteiger partial charge is 0.326 e. The predicted molar refractivity (Wildman–Crippen MR) is 68.3 cm³/mol. The van der Waals surface area contributed by atoms with E-state index in [-0.39, 0.29) is 18.4 Å². The number of amides is 1. The van der Waals surface area contributed by atoms with Gasteiger partial charge in [0.05, 0.1) is 12.1 Å². The minimum absolute atomic E-state index is 0.0264. The number of anilines is 1. The zero-order valence-electron chi connectivity index (χ0n) is 10.0. The molecule has 4 heteroatoms. The fraction of sp³-hybridized carbons (Fsp3) is 0.357. The summed E-state index contributed by atoms with van der Waals surface area (Å²) in [5.74, 6) is 4.85. The van der Waals surface area contributed by atoms with Gasteiger partial charge in [-0.25, -0.2) is 4.39 Å². The molecule has 1 aliphatic rings. The molecule has 1 aliphatic carbocycles. The topological polar surface area (TPSA) is 55.1 Å². The summed E-state index contributed by atoms with van der Waals surface area (Å²) >= 11 is 0. The molecule has 1 fully saturated rings. The van der Waals surface area contributed by atoms with Crippen molar-refractivity contribution in [3.8, 4) is 11.8 Å². The molecule has 0 saturated heterocycles. The van der Waals surface area contributed by atoms with Crippen LogP contribution in [0.3, 0.4) is 0 Å². The van der Waals surface area contributed by atoms with Gasteiger partial charge in [-0.15, -0.1) is 0 Å². The van der Waals surface area contributed by atoms with Crippen LogP contribution in [-0.4, -0.2) is 12.5 Å². The molecule has 0 aromatic heterocycles. The number of hydrogen-bond acceptors (Lipinski definition) is 2. The summed E-state index contributed by atoms with van der Waals surface area (Å²) in [7, 11) is 0. The Morgan fingerprint density at radius 1 is 1.50 bits per heavy atom. The zero-order chi connectivity index (χ0) is 13.0. The van der Waals surface area contributed by atoms with Crippen molar-refractivity contribution in [2.24, 2.45) is 11.7 Å². The molecule has 2 rings (SSSR count). The smallest absolute Gasteiger partial charge is 0.227 e. The van der Waals surface area contributed by atoms with Crippen LogP contribution in [0, 0.1) is 23.6 Å². The van der Waals surface area contributed by atoms with Crippen LogP contribution in [0.1, 0.15) is 24.8 Å². The number of carbonyl (C=O) groups excluding carboxylic acids is 1. The van der Waals surface area contributed by atoms with Crippen molar-refractivity contribution in [2.75, 3.05) is 11.9 Å². The van der Waals surface area contributed by atoms with Gasteiger partial charge >= 0.3 is 0 Å². The van der Waals surface area contributed by atoms with Crippen molar-refractivity contribution < 1.29 is 9.18 Å². The Balaban J connectivity index is 2.06. The van der Waals surface area contributed by atoms with Gasteiger partial charge in [0, 0.05) is 11.6 Å². The van der Waals surface area contributed by atoms with Crippen LogP contribution >= 0.6 is 0 Å². The number of nitrogens with one attached hydrogen (secondary N) is 1. The van der Waals surface area contributed by atoms with Crippen LogP contribution in [0.25, 0.3) is 0 Å². The number of halogens is 1. The third-order valence-electron chi connectivity index (χ3n) is 3.04. The molecule has 18 heavy (non-hydrogen) atoms. The second-order valence-corrected chi connectivity index (χ2v) is 4.32. The molecule has 3 N–H and O–H groups in total. The van der Waals surface area contributed by atoms with Crippen LogP contribution < -0.4 is 11.1 Å². The first kappa shape index (κ1) is 12.6. The van der Waals surface area contributed by atoms with Gasteiger partial charge in [-0.05, 0) is 31.0 Å². The van der Waals surface area contributed by atoms with Crippen molar-refractivity contribution in [1.29, 1.82) is 0 Å². The normalized spacial score (nSPS) is 14.3. The number of carbonyl (C=O) groups is 1. The fourth-order valence-electron chi connectivity index (χ4n) is 1.76. The van der Waals surface area contributed by atoms with Crippen molar-refractivity contribution in [3.05, 3.63) is 29.6 Å².